The Morgan fingerprint density at radius 1 is 1.35 bits per heavy atom. The van der Waals surface area contributed by atoms with Crippen molar-refractivity contribution in [1.29, 1.82) is 0 Å². The molecule has 0 amide bonds. The molecule has 0 radical (unpaired) electrons. The SMILES string of the molecule is Cc1c(C(N)c2cccc(OC(F)(F)F)c2)cnn1C. The van der Waals surface area contributed by atoms with Crippen molar-refractivity contribution in [3.8, 4) is 5.75 Å². The summed E-state index contributed by atoms with van der Waals surface area (Å²) in [7, 11) is 1.77. The van der Waals surface area contributed by atoms with Gasteiger partial charge in [-0.15, -0.1) is 13.2 Å². The molecule has 0 aliphatic rings. The maximum absolute atomic E-state index is 12.2. The summed E-state index contributed by atoms with van der Waals surface area (Å²) in [5.41, 5.74) is 8.22. The number of hydrogen-bond donors (Lipinski definition) is 1. The Bertz CT molecular complexity index is 607. The third-order valence-corrected chi connectivity index (χ3v) is 3.06. The van der Waals surface area contributed by atoms with Crippen LogP contribution in [0.15, 0.2) is 30.5 Å². The van der Waals surface area contributed by atoms with E-state index in [4.69, 9.17) is 5.73 Å². The Kier molecular flexibility index (Phi) is 3.71. The van der Waals surface area contributed by atoms with Crippen LogP contribution >= 0.6 is 0 Å². The highest BCUT2D eigenvalue weighted by Crippen LogP contribution is 2.28. The number of rotatable bonds is 3. The fourth-order valence-corrected chi connectivity index (χ4v) is 1.91. The molecule has 108 valence electrons. The van der Waals surface area contributed by atoms with Crippen molar-refractivity contribution in [2.75, 3.05) is 0 Å². The highest BCUT2D eigenvalue weighted by molar-refractivity contribution is 5.37. The molecule has 0 aliphatic carbocycles. The summed E-state index contributed by atoms with van der Waals surface area (Å²) in [5.74, 6) is -0.285. The van der Waals surface area contributed by atoms with Crippen molar-refractivity contribution in [2.24, 2.45) is 12.8 Å². The van der Waals surface area contributed by atoms with Crippen LogP contribution in [0.2, 0.25) is 0 Å². The number of ether oxygens (including phenoxy) is 1. The minimum absolute atomic E-state index is 0.285. The van der Waals surface area contributed by atoms with Crippen molar-refractivity contribution >= 4 is 0 Å². The molecule has 0 aliphatic heterocycles. The maximum atomic E-state index is 12.2. The van der Waals surface area contributed by atoms with Gasteiger partial charge in [-0.05, 0) is 24.6 Å². The van der Waals surface area contributed by atoms with Gasteiger partial charge < -0.3 is 10.5 Å². The predicted molar refractivity (Wildman–Crippen MR) is 67.1 cm³/mol. The Morgan fingerprint density at radius 2 is 2.05 bits per heavy atom. The van der Waals surface area contributed by atoms with Crippen LogP contribution in [0.25, 0.3) is 0 Å². The molecule has 7 heteroatoms. The molecule has 1 aromatic heterocycles. The summed E-state index contributed by atoms with van der Waals surface area (Å²) >= 11 is 0. The van der Waals surface area contributed by atoms with Crippen LogP contribution in [0.3, 0.4) is 0 Å². The molecular weight excluding hydrogens is 271 g/mol. The highest BCUT2D eigenvalue weighted by atomic mass is 19.4. The first-order chi connectivity index (χ1) is 9.28. The normalized spacial score (nSPS) is 13.3. The lowest BCUT2D eigenvalue weighted by atomic mass is 10.0. The second-order valence-corrected chi connectivity index (χ2v) is 4.41. The van der Waals surface area contributed by atoms with Gasteiger partial charge in [0.15, 0.2) is 0 Å². The standard InChI is InChI=1S/C13H14F3N3O/c1-8-11(7-18-19(8)2)12(17)9-4-3-5-10(6-9)20-13(14,15)16/h3-7,12H,17H2,1-2H3. The summed E-state index contributed by atoms with van der Waals surface area (Å²) in [6.07, 6.45) is -3.11. The van der Waals surface area contributed by atoms with Crippen molar-refractivity contribution in [2.45, 2.75) is 19.3 Å². The Morgan fingerprint density at radius 3 is 2.60 bits per heavy atom. The van der Waals surface area contributed by atoms with E-state index >= 15 is 0 Å². The van der Waals surface area contributed by atoms with Crippen LogP contribution in [0.5, 0.6) is 5.75 Å². The molecule has 0 fully saturated rings. The molecule has 0 saturated carbocycles. The number of benzene rings is 1. The molecule has 0 saturated heterocycles. The first-order valence-electron chi connectivity index (χ1n) is 5.87. The number of aryl methyl sites for hydroxylation is 1. The van der Waals surface area contributed by atoms with Crippen LogP contribution in [-0.4, -0.2) is 16.1 Å². The zero-order chi connectivity index (χ0) is 14.9. The predicted octanol–water partition coefficient (Wildman–Crippen LogP) is 2.68. The first kappa shape index (κ1) is 14.4. The van der Waals surface area contributed by atoms with E-state index in [1.165, 1.54) is 18.2 Å². The monoisotopic (exact) mass is 285 g/mol. The van der Waals surface area contributed by atoms with Gasteiger partial charge in [-0.2, -0.15) is 5.10 Å². The topological polar surface area (TPSA) is 53.1 Å². The number of nitrogens with two attached hydrogens (primary N) is 1. The molecular formula is C13H14F3N3O. The van der Waals surface area contributed by atoms with Gasteiger partial charge in [0.05, 0.1) is 12.2 Å². The fraction of sp³-hybridized carbons (Fsp3) is 0.308. The van der Waals surface area contributed by atoms with Crippen molar-refractivity contribution < 1.29 is 17.9 Å². The molecule has 0 bridgehead atoms. The van der Waals surface area contributed by atoms with Crippen molar-refractivity contribution in [3.63, 3.8) is 0 Å². The fourth-order valence-electron chi connectivity index (χ4n) is 1.91. The molecule has 1 heterocycles. The van der Waals surface area contributed by atoms with Gasteiger partial charge in [-0.25, -0.2) is 0 Å². The van der Waals surface area contributed by atoms with E-state index in [-0.39, 0.29) is 5.75 Å². The molecule has 2 N–H and O–H groups in total. The Labute approximate surface area is 114 Å². The van der Waals surface area contributed by atoms with E-state index in [0.29, 0.717) is 5.56 Å². The smallest absolute Gasteiger partial charge is 0.406 e. The minimum atomic E-state index is -4.72. The number of nitrogens with zero attached hydrogens (tertiary/aromatic N) is 2. The van der Waals surface area contributed by atoms with E-state index in [0.717, 1.165) is 11.3 Å². The molecule has 1 aromatic carbocycles. The quantitative estimate of drug-likeness (QED) is 0.943. The number of aromatic nitrogens is 2. The average Bonchev–Trinajstić information content (AvgIpc) is 2.67. The molecule has 2 rings (SSSR count). The Balaban J connectivity index is 2.29. The minimum Gasteiger partial charge on any atom is -0.406 e. The lowest BCUT2D eigenvalue weighted by molar-refractivity contribution is -0.274. The maximum Gasteiger partial charge on any atom is 0.573 e. The Hall–Kier alpha value is -2.02. The van der Waals surface area contributed by atoms with E-state index in [1.54, 1.807) is 24.0 Å². The second-order valence-electron chi connectivity index (χ2n) is 4.41. The summed E-state index contributed by atoms with van der Waals surface area (Å²) in [6.45, 7) is 1.85. The van der Waals surface area contributed by atoms with Crippen molar-refractivity contribution in [3.05, 3.63) is 47.3 Å². The summed E-state index contributed by atoms with van der Waals surface area (Å²) < 4.78 is 42.1. The third kappa shape index (κ3) is 3.11. The summed E-state index contributed by atoms with van der Waals surface area (Å²) in [5, 5.41) is 4.07. The zero-order valence-electron chi connectivity index (χ0n) is 11.0. The summed E-state index contributed by atoms with van der Waals surface area (Å²) in [6, 6.07) is 5.09. The van der Waals surface area contributed by atoms with Gasteiger partial charge in [-0.3, -0.25) is 4.68 Å². The molecule has 1 atom stereocenters. The van der Waals surface area contributed by atoms with Crippen LogP contribution in [0.4, 0.5) is 13.2 Å². The van der Waals surface area contributed by atoms with Gasteiger partial charge >= 0.3 is 6.36 Å². The van der Waals surface area contributed by atoms with E-state index in [9.17, 15) is 13.2 Å². The van der Waals surface area contributed by atoms with Gasteiger partial charge in [0, 0.05) is 18.3 Å². The molecule has 1 unspecified atom stereocenters. The van der Waals surface area contributed by atoms with E-state index in [2.05, 4.69) is 9.84 Å². The molecule has 4 nitrogen and oxygen atoms in total. The zero-order valence-corrected chi connectivity index (χ0v) is 11.0. The molecule has 0 spiro atoms. The van der Waals surface area contributed by atoms with Gasteiger partial charge in [0.1, 0.15) is 5.75 Å². The van der Waals surface area contributed by atoms with Crippen molar-refractivity contribution in [1.82, 2.24) is 9.78 Å². The lowest BCUT2D eigenvalue weighted by Gasteiger charge is -2.14. The number of hydrogen-bond acceptors (Lipinski definition) is 3. The summed E-state index contributed by atoms with van der Waals surface area (Å²) in [4.78, 5) is 0. The van der Waals surface area contributed by atoms with Crippen LogP contribution in [0, 0.1) is 6.92 Å². The average molecular weight is 285 g/mol. The lowest BCUT2D eigenvalue weighted by Crippen LogP contribution is -2.18. The van der Waals surface area contributed by atoms with Crippen LogP contribution < -0.4 is 10.5 Å². The highest BCUT2D eigenvalue weighted by Gasteiger charge is 2.31. The van der Waals surface area contributed by atoms with Crippen LogP contribution in [-0.2, 0) is 7.05 Å². The van der Waals surface area contributed by atoms with Gasteiger partial charge in [-0.1, -0.05) is 12.1 Å². The van der Waals surface area contributed by atoms with E-state index in [1.807, 2.05) is 6.92 Å². The van der Waals surface area contributed by atoms with Gasteiger partial charge in [0.25, 0.3) is 0 Å². The first-order valence-corrected chi connectivity index (χ1v) is 5.87. The molecule has 2 aromatic rings. The third-order valence-electron chi connectivity index (χ3n) is 3.06. The van der Waals surface area contributed by atoms with Gasteiger partial charge in [0.2, 0.25) is 0 Å². The number of halogens is 3. The van der Waals surface area contributed by atoms with Crippen LogP contribution in [0.1, 0.15) is 22.9 Å². The van der Waals surface area contributed by atoms with E-state index < -0.39 is 12.4 Å². The number of alkyl halides is 3. The second kappa shape index (κ2) is 5.16. The largest absolute Gasteiger partial charge is 0.573 e. The molecule has 20 heavy (non-hydrogen) atoms.